The minimum atomic E-state index is -3.36. The fraction of sp³-hybridized carbons (Fsp3) is 0.571. The van der Waals surface area contributed by atoms with E-state index >= 15 is 0 Å². The van der Waals surface area contributed by atoms with E-state index in [0.29, 0.717) is 23.9 Å². The largest absolute Gasteiger partial charge is 0.317 e. The predicted molar refractivity (Wildman–Crippen MR) is 89.2 cm³/mol. The maximum absolute atomic E-state index is 12.7. The highest BCUT2D eigenvalue weighted by atomic mass is 127. The molecular weight excluding hydrogens is 387 g/mol. The molecule has 0 aromatic heterocycles. The third kappa shape index (κ3) is 3.93. The first-order chi connectivity index (χ1) is 9.54. The molecule has 0 saturated carbocycles. The Bertz CT molecular complexity index is 525. The average molecular weight is 408 g/mol. The summed E-state index contributed by atoms with van der Waals surface area (Å²) in [7, 11) is -3.36. The fourth-order valence-electron chi connectivity index (χ4n) is 2.51. The highest BCUT2D eigenvalue weighted by Crippen LogP contribution is 2.21. The van der Waals surface area contributed by atoms with Gasteiger partial charge in [0.2, 0.25) is 10.0 Å². The first-order valence-electron chi connectivity index (χ1n) is 7.00. The summed E-state index contributed by atoms with van der Waals surface area (Å²) in [4.78, 5) is 0.397. The zero-order valence-electron chi connectivity index (χ0n) is 11.7. The van der Waals surface area contributed by atoms with Crippen molar-refractivity contribution in [3.63, 3.8) is 0 Å². The number of halogens is 1. The van der Waals surface area contributed by atoms with E-state index in [1.807, 2.05) is 19.1 Å². The van der Waals surface area contributed by atoms with Crippen LogP contribution in [0.1, 0.15) is 19.8 Å². The van der Waals surface area contributed by atoms with Crippen LogP contribution in [0.3, 0.4) is 0 Å². The van der Waals surface area contributed by atoms with Gasteiger partial charge in [-0.3, -0.25) is 0 Å². The molecule has 1 heterocycles. The molecule has 1 N–H and O–H groups in total. The SMILES string of the molecule is CCN(CC1CCNCC1)S(=O)(=O)c1ccc(I)cc1. The number of benzene rings is 1. The third-order valence-electron chi connectivity index (χ3n) is 3.72. The van der Waals surface area contributed by atoms with Crippen molar-refractivity contribution in [1.29, 1.82) is 0 Å². The third-order valence-corrected chi connectivity index (χ3v) is 6.40. The van der Waals surface area contributed by atoms with Crippen molar-refractivity contribution in [2.75, 3.05) is 26.2 Å². The van der Waals surface area contributed by atoms with Crippen LogP contribution in [0, 0.1) is 9.49 Å². The number of nitrogens with one attached hydrogen (secondary N) is 1. The van der Waals surface area contributed by atoms with Crippen LogP contribution in [0.25, 0.3) is 0 Å². The molecule has 0 atom stereocenters. The average Bonchev–Trinajstić information content (AvgIpc) is 2.46. The van der Waals surface area contributed by atoms with Crippen molar-refractivity contribution in [3.05, 3.63) is 27.8 Å². The minimum Gasteiger partial charge on any atom is -0.317 e. The van der Waals surface area contributed by atoms with Crippen LogP contribution in [0.15, 0.2) is 29.2 Å². The molecular formula is C14H21IN2O2S. The number of hydrogen-bond donors (Lipinski definition) is 1. The number of rotatable bonds is 5. The molecule has 0 bridgehead atoms. The minimum absolute atomic E-state index is 0.397. The second-order valence-electron chi connectivity index (χ2n) is 5.10. The molecule has 0 aliphatic carbocycles. The number of sulfonamides is 1. The van der Waals surface area contributed by atoms with E-state index in [1.165, 1.54) is 0 Å². The van der Waals surface area contributed by atoms with Gasteiger partial charge in [-0.1, -0.05) is 6.92 Å². The summed E-state index contributed by atoms with van der Waals surface area (Å²) < 4.78 is 28.0. The Hall–Kier alpha value is -0.180. The standard InChI is InChI=1S/C14H21IN2O2S/c1-2-17(11-12-7-9-16-10-8-12)20(18,19)14-5-3-13(15)4-6-14/h3-6,12,16H,2,7-11H2,1H3. The van der Waals surface area contributed by atoms with Crippen molar-refractivity contribution in [2.24, 2.45) is 5.92 Å². The smallest absolute Gasteiger partial charge is 0.243 e. The molecule has 1 aromatic rings. The lowest BCUT2D eigenvalue weighted by molar-refractivity contribution is 0.294. The molecule has 0 radical (unpaired) electrons. The first-order valence-corrected chi connectivity index (χ1v) is 9.52. The van der Waals surface area contributed by atoms with Crippen LogP contribution in [0.5, 0.6) is 0 Å². The summed E-state index contributed by atoms with van der Waals surface area (Å²) in [5.41, 5.74) is 0. The Labute approximate surface area is 135 Å². The second kappa shape index (κ2) is 7.20. The van der Waals surface area contributed by atoms with Gasteiger partial charge in [-0.05, 0) is 78.7 Å². The normalized spacial score (nSPS) is 17.6. The van der Waals surface area contributed by atoms with Crippen LogP contribution in [0.4, 0.5) is 0 Å². The molecule has 1 aliphatic rings. The molecule has 112 valence electrons. The lowest BCUT2D eigenvalue weighted by Crippen LogP contribution is -2.39. The second-order valence-corrected chi connectivity index (χ2v) is 8.29. The first kappa shape index (κ1) is 16.2. The highest BCUT2D eigenvalue weighted by Gasteiger charge is 2.26. The van der Waals surface area contributed by atoms with E-state index in [-0.39, 0.29) is 0 Å². The van der Waals surface area contributed by atoms with Crippen molar-refractivity contribution >= 4 is 32.6 Å². The number of nitrogens with zero attached hydrogens (tertiary/aromatic N) is 1. The van der Waals surface area contributed by atoms with Crippen molar-refractivity contribution < 1.29 is 8.42 Å². The van der Waals surface area contributed by atoms with Gasteiger partial charge in [-0.15, -0.1) is 0 Å². The summed E-state index contributed by atoms with van der Waals surface area (Å²) in [5.74, 6) is 0.467. The Morgan fingerprint density at radius 2 is 1.85 bits per heavy atom. The van der Waals surface area contributed by atoms with Crippen LogP contribution in [-0.2, 0) is 10.0 Å². The van der Waals surface area contributed by atoms with Crippen LogP contribution >= 0.6 is 22.6 Å². The Balaban J connectivity index is 2.14. The van der Waals surface area contributed by atoms with Gasteiger partial charge in [0.15, 0.2) is 0 Å². The lowest BCUT2D eigenvalue weighted by Gasteiger charge is -2.28. The Kier molecular flexibility index (Phi) is 5.83. The molecule has 0 spiro atoms. The van der Waals surface area contributed by atoms with Crippen molar-refractivity contribution in [1.82, 2.24) is 9.62 Å². The van der Waals surface area contributed by atoms with Gasteiger partial charge in [0, 0.05) is 16.7 Å². The van der Waals surface area contributed by atoms with Gasteiger partial charge < -0.3 is 5.32 Å². The van der Waals surface area contributed by atoms with Gasteiger partial charge >= 0.3 is 0 Å². The Morgan fingerprint density at radius 3 is 2.40 bits per heavy atom. The zero-order chi connectivity index (χ0) is 14.6. The van der Waals surface area contributed by atoms with Crippen LogP contribution < -0.4 is 5.32 Å². The molecule has 1 saturated heterocycles. The molecule has 0 unspecified atom stereocenters. The number of piperidine rings is 1. The fourth-order valence-corrected chi connectivity index (χ4v) is 4.39. The summed E-state index contributed by atoms with van der Waals surface area (Å²) in [6, 6.07) is 7.07. The summed E-state index contributed by atoms with van der Waals surface area (Å²) in [6.45, 7) is 5.05. The van der Waals surface area contributed by atoms with E-state index in [1.54, 1.807) is 16.4 Å². The molecule has 6 heteroatoms. The quantitative estimate of drug-likeness (QED) is 0.761. The van der Waals surface area contributed by atoms with Gasteiger partial charge in [-0.2, -0.15) is 4.31 Å². The Morgan fingerprint density at radius 1 is 1.25 bits per heavy atom. The summed E-state index contributed by atoms with van der Waals surface area (Å²) in [6.07, 6.45) is 2.11. The summed E-state index contributed by atoms with van der Waals surface area (Å²) >= 11 is 2.18. The molecule has 1 fully saturated rings. The zero-order valence-corrected chi connectivity index (χ0v) is 14.7. The molecule has 4 nitrogen and oxygen atoms in total. The van der Waals surface area contributed by atoms with Crippen LogP contribution in [0.2, 0.25) is 0 Å². The predicted octanol–water partition coefficient (Wildman–Crippen LogP) is 2.30. The maximum Gasteiger partial charge on any atom is 0.243 e. The molecule has 2 rings (SSSR count). The maximum atomic E-state index is 12.7. The van der Waals surface area contributed by atoms with E-state index < -0.39 is 10.0 Å². The van der Waals surface area contributed by atoms with Gasteiger partial charge in [0.05, 0.1) is 4.90 Å². The lowest BCUT2D eigenvalue weighted by atomic mass is 9.98. The van der Waals surface area contributed by atoms with Gasteiger partial charge in [-0.25, -0.2) is 8.42 Å². The van der Waals surface area contributed by atoms with E-state index in [4.69, 9.17) is 0 Å². The van der Waals surface area contributed by atoms with Crippen LogP contribution in [-0.4, -0.2) is 38.9 Å². The number of hydrogen-bond acceptors (Lipinski definition) is 3. The van der Waals surface area contributed by atoms with Crippen molar-refractivity contribution in [2.45, 2.75) is 24.7 Å². The monoisotopic (exact) mass is 408 g/mol. The van der Waals surface area contributed by atoms with Gasteiger partial charge in [0.25, 0.3) is 0 Å². The summed E-state index contributed by atoms with van der Waals surface area (Å²) in [5, 5.41) is 3.31. The topological polar surface area (TPSA) is 49.4 Å². The van der Waals surface area contributed by atoms with E-state index in [2.05, 4.69) is 27.9 Å². The molecule has 0 amide bonds. The van der Waals surface area contributed by atoms with Crippen molar-refractivity contribution in [3.8, 4) is 0 Å². The molecule has 1 aromatic carbocycles. The van der Waals surface area contributed by atoms with E-state index in [9.17, 15) is 8.42 Å². The molecule has 1 aliphatic heterocycles. The van der Waals surface area contributed by atoms with Gasteiger partial charge in [0.1, 0.15) is 0 Å². The highest BCUT2D eigenvalue weighted by molar-refractivity contribution is 14.1. The van der Waals surface area contributed by atoms with E-state index in [0.717, 1.165) is 29.5 Å². The molecule has 20 heavy (non-hydrogen) atoms.